The number of carbonyl (C=O) groups is 1. The van der Waals surface area contributed by atoms with Crippen molar-refractivity contribution in [2.24, 2.45) is 5.10 Å². The van der Waals surface area contributed by atoms with Crippen molar-refractivity contribution in [1.82, 2.24) is 10.4 Å². The molecule has 1 aliphatic heterocycles. The third-order valence-electron chi connectivity index (χ3n) is 3.46. The summed E-state index contributed by atoms with van der Waals surface area (Å²) in [6.45, 7) is 1.77. The molecule has 2 aromatic rings. The summed E-state index contributed by atoms with van der Waals surface area (Å²) in [7, 11) is 0. The van der Waals surface area contributed by atoms with Gasteiger partial charge in [-0.05, 0) is 24.6 Å². The van der Waals surface area contributed by atoms with Gasteiger partial charge < -0.3 is 4.74 Å². The third kappa shape index (κ3) is 3.18. The SMILES string of the molecule is Cc1ccc(-c2ccc(C3=NNC(=O)OC3)cc2C(F)F)cn1. The first-order valence-electron chi connectivity index (χ1n) is 6.89. The van der Waals surface area contributed by atoms with Crippen LogP contribution in [0.3, 0.4) is 0 Å². The Morgan fingerprint density at radius 2 is 2.00 bits per heavy atom. The zero-order valence-corrected chi connectivity index (χ0v) is 12.2. The zero-order chi connectivity index (χ0) is 16.4. The first kappa shape index (κ1) is 15.1. The lowest BCUT2D eigenvalue weighted by molar-refractivity contribution is 0.151. The molecular formula is C16H13F2N3O2. The number of aryl methyl sites for hydroxylation is 1. The normalized spacial score (nSPS) is 14.3. The number of nitrogens with one attached hydrogen (secondary N) is 1. The van der Waals surface area contributed by atoms with Gasteiger partial charge in [0, 0.05) is 28.6 Å². The van der Waals surface area contributed by atoms with Crippen LogP contribution in [0.4, 0.5) is 13.6 Å². The van der Waals surface area contributed by atoms with Gasteiger partial charge >= 0.3 is 6.09 Å². The number of benzene rings is 1. The molecule has 7 heteroatoms. The minimum absolute atomic E-state index is 0.0556. The number of pyridine rings is 1. The first-order chi connectivity index (χ1) is 11.0. The lowest BCUT2D eigenvalue weighted by Gasteiger charge is -2.15. The van der Waals surface area contributed by atoms with Crippen LogP contribution in [0.2, 0.25) is 0 Å². The van der Waals surface area contributed by atoms with Gasteiger partial charge in [0.05, 0.1) is 0 Å². The van der Waals surface area contributed by atoms with E-state index < -0.39 is 12.5 Å². The van der Waals surface area contributed by atoms with Crippen LogP contribution in [-0.2, 0) is 4.74 Å². The summed E-state index contributed by atoms with van der Waals surface area (Å²) in [6, 6.07) is 8.15. The van der Waals surface area contributed by atoms with Crippen LogP contribution < -0.4 is 5.43 Å². The molecule has 0 unspecified atom stereocenters. The van der Waals surface area contributed by atoms with Gasteiger partial charge in [-0.2, -0.15) is 5.10 Å². The summed E-state index contributed by atoms with van der Waals surface area (Å²) in [5.74, 6) is 0. The fourth-order valence-corrected chi connectivity index (χ4v) is 2.27. The molecule has 0 saturated heterocycles. The minimum atomic E-state index is -2.65. The maximum atomic E-state index is 13.4. The number of nitrogens with zero attached hydrogens (tertiary/aromatic N) is 2. The predicted molar refractivity (Wildman–Crippen MR) is 80.4 cm³/mol. The maximum Gasteiger partial charge on any atom is 0.428 e. The largest absolute Gasteiger partial charge is 0.442 e. The number of hydrogen-bond acceptors (Lipinski definition) is 4. The molecule has 1 aromatic carbocycles. The zero-order valence-electron chi connectivity index (χ0n) is 12.2. The molecule has 0 aliphatic carbocycles. The number of alkyl halides is 2. The standard InChI is InChI=1S/C16H13F2N3O2/c1-9-2-3-11(7-19-9)12-5-4-10(6-13(12)15(17)18)14-8-23-16(22)21-20-14/h2-7,15H,8H2,1H3,(H,21,22). The van der Waals surface area contributed by atoms with Gasteiger partial charge in [0.1, 0.15) is 12.3 Å². The van der Waals surface area contributed by atoms with Gasteiger partial charge in [0.2, 0.25) is 0 Å². The van der Waals surface area contributed by atoms with Gasteiger partial charge in [-0.15, -0.1) is 0 Å². The summed E-state index contributed by atoms with van der Waals surface area (Å²) < 4.78 is 31.7. The lowest BCUT2D eigenvalue weighted by atomic mass is 9.97. The quantitative estimate of drug-likeness (QED) is 0.943. The highest BCUT2D eigenvalue weighted by atomic mass is 19.3. The highest BCUT2D eigenvalue weighted by Crippen LogP contribution is 2.32. The van der Waals surface area contributed by atoms with Gasteiger partial charge in [-0.3, -0.25) is 4.98 Å². The molecule has 1 aromatic heterocycles. The van der Waals surface area contributed by atoms with Crippen LogP contribution in [-0.4, -0.2) is 23.4 Å². The van der Waals surface area contributed by atoms with Crippen LogP contribution in [0, 0.1) is 6.92 Å². The van der Waals surface area contributed by atoms with Crippen LogP contribution in [0.5, 0.6) is 0 Å². The Morgan fingerprint density at radius 3 is 2.61 bits per heavy atom. The van der Waals surface area contributed by atoms with E-state index in [2.05, 4.69) is 15.5 Å². The molecule has 5 nitrogen and oxygen atoms in total. The lowest BCUT2D eigenvalue weighted by Crippen LogP contribution is -2.30. The van der Waals surface area contributed by atoms with Gasteiger partial charge in [-0.1, -0.05) is 18.2 Å². The van der Waals surface area contributed by atoms with Crippen molar-refractivity contribution in [3.63, 3.8) is 0 Å². The summed E-state index contributed by atoms with van der Waals surface area (Å²) in [5, 5.41) is 3.83. The molecule has 0 radical (unpaired) electrons. The van der Waals surface area contributed by atoms with Crippen molar-refractivity contribution < 1.29 is 18.3 Å². The van der Waals surface area contributed by atoms with Crippen LogP contribution >= 0.6 is 0 Å². The molecule has 23 heavy (non-hydrogen) atoms. The van der Waals surface area contributed by atoms with E-state index in [1.54, 1.807) is 30.5 Å². The van der Waals surface area contributed by atoms with Gasteiger partial charge in [-0.25, -0.2) is 19.0 Å². The van der Waals surface area contributed by atoms with Crippen molar-refractivity contribution in [3.05, 3.63) is 53.3 Å². The predicted octanol–water partition coefficient (Wildman–Crippen LogP) is 3.44. The maximum absolute atomic E-state index is 13.4. The molecule has 0 atom stereocenters. The molecule has 1 amide bonds. The number of carbonyl (C=O) groups excluding carboxylic acids is 1. The van der Waals surface area contributed by atoms with Crippen molar-refractivity contribution in [2.45, 2.75) is 13.3 Å². The van der Waals surface area contributed by atoms with E-state index in [9.17, 15) is 13.6 Å². The van der Waals surface area contributed by atoms with Crippen LogP contribution in [0.25, 0.3) is 11.1 Å². The second-order valence-electron chi connectivity index (χ2n) is 5.04. The number of cyclic esters (lactones) is 1. The number of aromatic nitrogens is 1. The molecule has 0 bridgehead atoms. The van der Waals surface area contributed by atoms with E-state index in [0.717, 1.165) is 5.69 Å². The summed E-state index contributed by atoms with van der Waals surface area (Å²) >= 11 is 0. The topological polar surface area (TPSA) is 63.6 Å². The molecular weight excluding hydrogens is 304 g/mol. The Hall–Kier alpha value is -2.83. The van der Waals surface area contributed by atoms with Crippen LogP contribution in [0.1, 0.15) is 23.2 Å². The van der Waals surface area contributed by atoms with Gasteiger partial charge in [0.15, 0.2) is 0 Å². The highest BCUT2D eigenvalue weighted by molar-refractivity contribution is 6.04. The van der Waals surface area contributed by atoms with Gasteiger partial charge in [0.25, 0.3) is 6.43 Å². The fourth-order valence-electron chi connectivity index (χ4n) is 2.27. The average molecular weight is 317 g/mol. The fraction of sp³-hybridized carbons (Fsp3) is 0.188. The molecule has 1 aliphatic rings. The van der Waals surface area contributed by atoms with Crippen molar-refractivity contribution in [3.8, 4) is 11.1 Å². The van der Waals surface area contributed by atoms with Crippen molar-refractivity contribution >= 4 is 11.8 Å². The summed E-state index contributed by atoms with van der Waals surface area (Å²) in [6.07, 6.45) is -1.74. The van der Waals surface area contributed by atoms with E-state index >= 15 is 0 Å². The Labute approximate surface area is 131 Å². The van der Waals surface area contributed by atoms with E-state index in [1.165, 1.54) is 6.07 Å². The second-order valence-corrected chi connectivity index (χ2v) is 5.04. The monoisotopic (exact) mass is 317 g/mol. The summed E-state index contributed by atoms with van der Waals surface area (Å²) in [4.78, 5) is 15.1. The molecule has 0 spiro atoms. The number of hydrazone groups is 1. The van der Waals surface area contributed by atoms with E-state index in [-0.39, 0.29) is 12.2 Å². The first-order valence-corrected chi connectivity index (χ1v) is 6.89. The van der Waals surface area contributed by atoms with Crippen molar-refractivity contribution in [2.75, 3.05) is 6.61 Å². The Balaban J connectivity index is 2.02. The molecule has 3 rings (SSSR count). The Kier molecular flexibility index (Phi) is 4.01. The van der Waals surface area contributed by atoms with Crippen molar-refractivity contribution in [1.29, 1.82) is 0 Å². The number of rotatable bonds is 3. The smallest absolute Gasteiger partial charge is 0.428 e. The minimum Gasteiger partial charge on any atom is -0.442 e. The number of halogens is 2. The number of hydrogen-bond donors (Lipinski definition) is 1. The average Bonchev–Trinajstić information content (AvgIpc) is 2.56. The third-order valence-corrected chi connectivity index (χ3v) is 3.46. The molecule has 0 saturated carbocycles. The van der Waals surface area contributed by atoms with E-state index in [4.69, 9.17) is 4.74 Å². The van der Waals surface area contributed by atoms with E-state index in [0.29, 0.717) is 22.4 Å². The second kappa shape index (κ2) is 6.12. The molecule has 1 N–H and O–H groups in total. The summed E-state index contributed by atoms with van der Waals surface area (Å²) in [5.41, 5.74) is 4.75. The molecule has 2 heterocycles. The number of ether oxygens (including phenoxy) is 1. The van der Waals surface area contributed by atoms with E-state index in [1.807, 2.05) is 6.92 Å². The number of amides is 1. The van der Waals surface area contributed by atoms with Crippen LogP contribution in [0.15, 0.2) is 41.6 Å². The Bertz CT molecular complexity index is 773. The Morgan fingerprint density at radius 1 is 1.22 bits per heavy atom. The highest BCUT2D eigenvalue weighted by Gasteiger charge is 2.19. The molecule has 0 fully saturated rings. The molecule has 118 valence electrons.